The van der Waals surface area contributed by atoms with Gasteiger partial charge in [0, 0.05) is 43.2 Å². The Hall–Kier alpha value is -3.11. The van der Waals surface area contributed by atoms with Crippen LogP contribution in [0.25, 0.3) is 16.6 Å². The van der Waals surface area contributed by atoms with Gasteiger partial charge < -0.3 is 35.2 Å². The van der Waals surface area contributed by atoms with E-state index >= 15 is 0 Å². The lowest BCUT2D eigenvalue weighted by molar-refractivity contribution is 0.00569. The number of allylic oxidation sites excluding steroid dienone is 1. The zero-order valence-corrected chi connectivity index (χ0v) is 18.4. The van der Waals surface area contributed by atoms with E-state index < -0.39 is 5.60 Å². The van der Waals surface area contributed by atoms with E-state index in [1.807, 2.05) is 12.3 Å². The Bertz CT molecular complexity index is 1010. The number of imidazole rings is 1. The molecule has 10 heteroatoms. The monoisotopic (exact) mass is 442 g/mol. The van der Waals surface area contributed by atoms with Crippen molar-refractivity contribution in [1.29, 1.82) is 5.41 Å². The van der Waals surface area contributed by atoms with E-state index in [4.69, 9.17) is 14.9 Å². The van der Waals surface area contributed by atoms with E-state index in [2.05, 4.69) is 20.6 Å². The van der Waals surface area contributed by atoms with Crippen LogP contribution >= 0.6 is 0 Å². The molecule has 2 fully saturated rings. The number of urea groups is 1. The zero-order valence-electron chi connectivity index (χ0n) is 18.4. The molecule has 3 heterocycles. The Morgan fingerprint density at radius 3 is 2.88 bits per heavy atom. The smallest absolute Gasteiger partial charge is 0.324 e. The first-order chi connectivity index (χ1) is 15.4. The Kier molecular flexibility index (Phi) is 6.33. The lowest BCUT2D eigenvalue weighted by Gasteiger charge is -2.35. The first kappa shape index (κ1) is 22.1. The molecule has 4 rings (SSSR count). The fraction of sp³-hybridized carbons (Fsp3) is 0.500. The number of nitrogens with zero attached hydrogens (tertiary/aromatic N) is 2. The van der Waals surface area contributed by atoms with Gasteiger partial charge in [0.1, 0.15) is 11.3 Å². The molecule has 2 aliphatic heterocycles. The normalized spacial score (nSPS) is 20.9. The molecule has 0 saturated carbocycles. The molecule has 0 spiro atoms. The number of carbonyl (C=O) groups excluding carboxylic acids is 1. The summed E-state index contributed by atoms with van der Waals surface area (Å²) in [5, 5.41) is 24.1. The molecule has 2 aliphatic rings. The van der Waals surface area contributed by atoms with Crippen molar-refractivity contribution < 1.29 is 19.4 Å². The number of hydrogen-bond donors (Lipinski definition) is 5. The quantitative estimate of drug-likeness (QED) is 0.436. The highest BCUT2D eigenvalue weighted by molar-refractivity contribution is 6.13. The molecule has 2 amide bonds. The number of aromatic nitrogens is 2. The third-order valence-corrected chi connectivity index (χ3v) is 6.05. The van der Waals surface area contributed by atoms with E-state index in [1.165, 1.54) is 6.21 Å². The Morgan fingerprint density at radius 2 is 2.22 bits per heavy atom. The fourth-order valence-electron chi connectivity index (χ4n) is 3.97. The molecule has 0 radical (unpaired) electrons. The minimum Gasteiger partial charge on any atom is -0.494 e. The van der Waals surface area contributed by atoms with Crippen LogP contribution in [-0.2, 0) is 4.74 Å². The Balaban J connectivity index is 1.58. The van der Waals surface area contributed by atoms with E-state index in [9.17, 15) is 9.90 Å². The Labute approximate surface area is 186 Å². The molecule has 10 nitrogen and oxygen atoms in total. The molecule has 2 aromatic rings. The number of piperidine rings is 1. The van der Waals surface area contributed by atoms with Gasteiger partial charge in [-0.15, -0.1) is 0 Å². The van der Waals surface area contributed by atoms with Crippen molar-refractivity contribution in [1.82, 2.24) is 20.2 Å². The summed E-state index contributed by atoms with van der Waals surface area (Å²) in [6.07, 6.45) is 5.08. The van der Waals surface area contributed by atoms with E-state index in [0.29, 0.717) is 60.8 Å². The highest BCUT2D eigenvalue weighted by Gasteiger charge is 2.30. The molecule has 0 bridgehead atoms. The van der Waals surface area contributed by atoms with Gasteiger partial charge in [0.15, 0.2) is 0 Å². The van der Waals surface area contributed by atoms with Crippen LogP contribution in [0.5, 0.6) is 5.75 Å². The van der Waals surface area contributed by atoms with Crippen molar-refractivity contribution >= 4 is 34.8 Å². The number of nitrogens with one attached hydrogen (secondary N) is 4. The van der Waals surface area contributed by atoms with E-state index in [0.717, 1.165) is 18.6 Å². The summed E-state index contributed by atoms with van der Waals surface area (Å²) in [4.78, 5) is 22.1. The topological polar surface area (TPSA) is 136 Å². The van der Waals surface area contributed by atoms with Crippen molar-refractivity contribution in [3.05, 3.63) is 23.9 Å². The molecule has 5 N–H and O–H groups in total. The third kappa shape index (κ3) is 4.71. The number of benzene rings is 1. The second-order valence-corrected chi connectivity index (χ2v) is 8.51. The van der Waals surface area contributed by atoms with Crippen molar-refractivity contribution in [2.24, 2.45) is 0 Å². The molecule has 0 aliphatic carbocycles. The van der Waals surface area contributed by atoms with Gasteiger partial charge in [-0.3, -0.25) is 5.32 Å². The number of amides is 2. The lowest BCUT2D eigenvalue weighted by atomic mass is 9.94. The summed E-state index contributed by atoms with van der Waals surface area (Å²) in [5.74, 6) is 0.866. The second-order valence-electron chi connectivity index (χ2n) is 8.51. The zero-order chi connectivity index (χ0) is 22.7. The third-order valence-electron chi connectivity index (χ3n) is 6.05. The number of hydrogen-bond acceptors (Lipinski definition) is 7. The van der Waals surface area contributed by atoms with E-state index in [1.54, 1.807) is 25.0 Å². The molecular weight excluding hydrogens is 412 g/mol. The number of carbonyl (C=O) groups is 1. The van der Waals surface area contributed by atoms with Crippen molar-refractivity contribution in [3.63, 3.8) is 0 Å². The Morgan fingerprint density at radius 1 is 1.44 bits per heavy atom. The highest BCUT2D eigenvalue weighted by Crippen LogP contribution is 2.31. The minimum atomic E-state index is -0.730. The summed E-state index contributed by atoms with van der Waals surface area (Å²) in [6, 6.07) is 3.61. The highest BCUT2D eigenvalue weighted by atomic mass is 16.5. The number of fused-ring (bicyclic) bond motifs is 1. The number of ether oxygens (including phenoxy) is 2. The maximum Gasteiger partial charge on any atom is 0.324 e. The number of likely N-dealkylation sites (tertiary alicyclic amines) is 1. The maximum absolute atomic E-state index is 12.7. The first-order valence-corrected chi connectivity index (χ1v) is 10.8. The number of anilines is 1. The molecule has 1 unspecified atom stereocenters. The average molecular weight is 443 g/mol. The minimum absolute atomic E-state index is 0.223. The molecule has 2 saturated heterocycles. The average Bonchev–Trinajstić information content (AvgIpc) is 3.44. The van der Waals surface area contributed by atoms with Gasteiger partial charge in [-0.1, -0.05) is 0 Å². The van der Waals surface area contributed by atoms with Crippen molar-refractivity contribution in [2.45, 2.75) is 37.8 Å². The number of H-pyrrole nitrogens is 1. The standard InChI is InChI=1S/C22H30N6O4/c1-22(30)6-8-28(9-7-22)21(29)27-20-25-18-16(3-4-17(31-2)19(18)26-20)14(11-23)12-24-15-5-10-32-13-15/h3-4,11-12,15,23-24,30H,5-10,13H2,1-2H3,(H2,25,26,27,29)/b14-12+,23-11?. The van der Waals surface area contributed by atoms with Crippen LogP contribution in [-0.4, -0.2) is 77.3 Å². The van der Waals surface area contributed by atoms with Crippen LogP contribution in [0.3, 0.4) is 0 Å². The van der Waals surface area contributed by atoms with Crippen LogP contribution in [0, 0.1) is 5.41 Å². The predicted octanol–water partition coefficient (Wildman–Crippen LogP) is 2.32. The number of rotatable bonds is 6. The molecule has 1 aromatic carbocycles. The van der Waals surface area contributed by atoms with Gasteiger partial charge in [0.25, 0.3) is 0 Å². The van der Waals surface area contributed by atoms with Crippen molar-refractivity contribution in [2.75, 3.05) is 38.7 Å². The van der Waals surface area contributed by atoms with Crippen LogP contribution < -0.4 is 15.4 Å². The summed E-state index contributed by atoms with van der Waals surface area (Å²) >= 11 is 0. The summed E-state index contributed by atoms with van der Waals surface area (Å²) < 4.78 is 10.8. The molecule has 1 atom stereocenters. The van der Waals surface area contributed by atoms with Gasteiger partial charge in [0.2, 0.25) is 5.95 Å². The number of aromatic amines is 1. The van der Waals surface area contributed by atoms with Crippen LogP contribution in [0.15, 0.2) is 18.3 Å². The lowest BCUT2D eigenvalue weighted by Crippen LogP contribution is -2.46. The molecular formula is C22H30N6O4. The predicted molar refractivity (Wildman–Crippen MR) is 122 cm³/mol. The van der Waals surface area contributed by atoms with Gasteiger partial charge in [0.05, 0.1) is 30.9 Å². The number of aliphatic hydroxyl groups is 1. The van der Waals surface area contributed by atoms with Gasteiger partial charge in [-0.05, 0) is 38.3 Å². The number of methoxy groups -OCH3 is 1. The summed E-state index contributed by atoms with van der Waals surface area (Å²) in [6.45, 7) is 4.12. The fourth-order valence-corrected chi connectivity index (χ4v) is 3.97. The van der Waals surface area contributed by atoms with Crippen LogP contribution in [0.1, 0.15) is 31.7 Å². The van der Waals surface area contributed by atoms with E-state index in [-0.39, 0.29) is 12.1 Å². The molecule has 172 valence electrons. The van der Waals surface area contributed by atoms with Gasteiger partial charge in [-0.25, -0.2) is 9.78 Å². The SMILES string of the molecule is COc1ccc(/C(C=N)=C/NC2CCOC2)c2[nH]c(NC(=O)N3CCC(C)(O)CC3)nc12. The van der Waals surface area contributed by atoms with Gasteiger partial charge >= 0.3 is 6.03 Å². The largest absolute Gasteiger partial charge is 0.494 e. The van der Waals surface area contributed by atoms with Crippen LogP contribution in [0.4, 0.5) is 10.7 Å². The molecule has 32 heavy (non-hydrogen) atoms. The second kappa shape index (κ2) is 9.17. The van der Waals surface area contributed by atoms with Crippen LogP contribution in [0.2, 0.25) is 0 Å². The first-order valence-electron chi connectivity index (χ1n) is 10.8. The summed E-state index contributed by atoms with van der Waals surface area (Å²) in [5.41, 5.74) is 1.94. The summed E-state index contributed by atoms with van der Waals surface area (Å²) in [7, 11) is 1.57. The van der Waals surface area contributed by atoms with Gasteiger partial charge in [-0.2, -0.15) is 0 Å². The molecule has 1 aromatic heterocycles. The maximum atomic E-state index is 12.7. The van der Waals surface area contributed by atoms with Crippen molar-refractivity contribution in [3.8, 4) is 5.75 Å².